The summed E-state index contributed by atoms with van der Waals surface area (Å²) in [6.45, 7) is 1.94. The molecular formula is C4H12MnO7. The quantitative estimate of drug-likeness (QED) is 0.376. The van der Waals surface area contributed by atoms with Crippen molar-refractivity contribution in [3.05, 3.63) is 0 Å². The third-order valence-corrected chi connectivity index (χ3v) is 0. The average Bonchev–Trinajstić information content (AvgIpc) is 1.25. The Kier molecular flexibility index (Phi) is 112. The molecule has 7 nitrogen and oxygen atoms in total. The van der Waals surface area contributed by atoms with Gasteiger partial charge in [-0.05, 0) is 13.8 Å². The van der Waals surface area contributed by atoms with Crippen LogP contribution in [-0.4, -0.2) is 28.4 Å². The van der Waals surface area contributed by atoms with E-state index in [4.69, 9.17) is 19.8 Å². The number of hydrogen-bond acceptors (Lipinski definition) is 4. The van der Waals surface area contributed by atoms with Gasteiger partial charge in [-0.2, -0.15) is 0 Å². The van der Waals surface area contributed by atoms with E-state index in [1.54, 1.807) is 0 Å². The molecule has 12 heavy (non-hydrogen) atoms. The van der Waals surface area contributed by atoms with Gasteiger partial charge in [0.25, 0.3) is 0 Å². The number of aliphatic carboxylic acids is 2. The van der Waals surface area contributed by atoms with Crippen molar-refractivity contribution in [3.63, 3.8) is 0 Å². The maximum atomic E-state index is 8.89. The first-order chi connectivity index (χ1) is 3.46. The largest absolute Gasteiger partial charge is 2.00 e. The Morgan fingerprint density at radius 3 is 0.833 bits per heavy atom. The molecule has 0 fully saturated rings. The van der Waals surface area contributed by atoms with Gasteiger partial charge in [-0.15, -0.1) is 0 Å². The van der Waals surface area contributed by atoms with Crippen molar-refractivity contribution < 1.29 is 53.3 Å². The molecular weight excluding hydrogens is 215 g/mol. The molecule has 0 aromatic carbocycles. The molecule has 0 atom stereocenters. The van der Waals surface area contributed by atoms with Crippen LogP contribution in [0, 0.1) is 0 Å². The standard InChI is InChI=1S/2C2H4O2.Mn.3H2O/c2*1-2(3)4;;;;/h2*1H3,(H,3,4);;3*1H2/q;;+2;;;/p-2. The van der Waals surface area contributed by atoms with Gasteiger partial charge in [0.15, 0.2) is 0 Å². The molecule has 0 rings (SSSR count). The minimum Gasteiger partial charge on any atom is -0.550 e. The Hall–Kier alpha value is -0.661. The third kappa shape index (κ3) is 1490. The summed E-state index contributed by atoms with van der Waals surface area (Å²) >= 11 is 0. The zero-order valence-electron chi connectivity index (χ0n) is 6.51. The molecule has 0 bridgehead atoms. The molecule has 0 aliphatic heterocycles. The van der Waals surface area contributed by atoms with Crippen molar-refractivity contribution in [1.29, 1.82) is 0 Å². The van der Waals surface area contributed by atoms with E-state index in [0.717, 1.165) is 13.8 Å². The Labute approximate surface area is 79.8 Å². The molecule has 0 heterocycles. The molecule has 0 spiro atoms. The molecule has 77 valence electrons. The minimum absolute atomic E-state index is 0. The van der Waals surface area contributed by atoms with Crippen LogP contribution < -0.4 is 10.2 Å². The van der Waals surface area contributed by atoms with Crippen LogP contribution in [0.15, 0.2) is 0 Å². The summed E-state index contributed by atoms with van der Waals surface area (Å²) in [5, 5.41) is 17.8. The van der Waals surface area contributed by atoms with Crippen molar-refractivity contribution in [2.45, 2.75) is 13.8 Å². The average molecular weight is 227 g/mol. The van der Waals surface area contributed by atoms with Crippen LogP contribution >= 0.6 is 0 Å². The Morgan fingerprint density at radius 2 is 0.833 bits per heavy atom. The summed E-state index contributed by atoms with van der Waals surface area (Å²) < 4.78 is 0. The maximum Gasteiger partial charge on any atom is 2.00 e. The molecule has 0 unspecified atom stereocenters. The van der Waals surface area contributed by atoms with E-state index in [0.29, 0.717) is 0 Å². The summed E-state index contributed by atoms with van der Waals surface area (Å²) in [6, 6.07) is 0. The zero-order chi connectivity index (χ0) is 7.15. The fourth-order valence-corrected chi connectivity index (χ4v) is 0. The van der Waals surface area contributed by atoms with Gasteiger partial charge in [0.2, 0.25) is 0 Å². The molecule has 0 saturated heterocycles. The molecule has 0 aliphatic carbocycles. The Balaban J connectivity index is -0.0000000112. The summed E-state index contributed by atoms with van der Waals surface area (Å²) in [4.78, 5) is 17.8. The SMILES string of the molecule is CC(=O)[O-].CC(=O)[O-].O.O.O.[Mn+2]. The topological polar surface area (TPSA) is 175 Å². The van der Waals surface area contributed by atoms with Gasteiger partial charge >= 0.3 is 17.1 Å². The fraction of sp³-hybridized carbons (Fsp3) is 0.500. The predicted molar refractivity (Wildman–Crippen MR) is 32.2 cm³/mol. The van der Waals surface area contributed by atoms with Gasteiger partial charge < -0.3 is 36.2 Å². The normalized spacial score (nSPS) is 4.17. The van der Waals surface area contributed by atoms with Crippen LogP contribution in [0.1, 0.15) is 13.8 Å². The minimum atomic E-state index is -1.08. The fourth-order valence-electron chi connectivity index (χ4n) is 0. The smallest absolute Gasteiger partial charge is 0.550 e. The number of hydrogen-bond donors (Lipinski definition) is 0. The number of carbonyl (C=O) groups excluding carboxylic acids is 2. The predicted octanol–water partition coefficient (Wildman–Crippen LogP) is -4.96. The van der Waals surface area contributed by atoms with Gasteiger partial charge in [-0.1, -0.05) is 0 Å². The van der Waals surface area contributed by atoms with E-state index in [9.17, 15) is 0 Å². The summed E-state index contributed by atoms with van der Waals surface area (Å²) in [7, 11) is 0. The van der Waals surface area contributed by atoms with Crippen molar-refractivity contribution in [2.24, 2.45) is 0 Å². The molecule has 6 N–H and O–H groups in total. The Bertz CT molecular complexity index is 73.4. The van der Waals surface area contributed by atoms with E-state index in [2.05, 4.69) is 0 Å². The second kappa shape index (κ2) is 31.6. The van der Waals surface area contributed by atoms with Crippen molar-refractivity contribution >= 4 is 11.9 Å². The number of carboxylic acids is 2. The van der Waals surface area contributed by atoms with Gasteiger partial charge in [0, 0.05) is 11.9 Å². The van der Waals surface area contributed by atoms with Crippen LogP contribution in [-0.2, 0) is 26.7 Å². The first-order valence-corrected chi connectivity index (χ1v) is 1.82. The molecule has 0 saturated carbocycles. The first kappa shape index (κ1) is 42.5. The molecule has 0 aromatic rings. The summed E-state index contributed by atoms with van der Waals surface area (Å²) in [6.07, 6.45) is 0. The Morgan fingerprint density at radius 1 is 0.833 bits per heavy atom. The second-order valence-electron chi connectivity index (χ2n) is 0.983. The van der Waals surface area contributed by atoms with Gasteiger partial charge in [-0.3, -0.25) is 0 Å². The van der Waals surface area contributed by atoms with Crippen LogP contribution in [0.4, 0.5) is 0 Å². The second-order valence-corrected chi connectivity index (χ2v) is 0.983. The van der Waals surface area contributed by atoms with Gasteiger partial charge in [-0.25, -0.2) is 0 Å². The first-order valence-electron chi connectivity index (χ1n) is 1.82. The van der Waals surface area contributed by atoms with Crippen molar-refractivity contribution in [2.75, 3.05) is 0 Å². The number of rotatable bonds is 0. The maximum absolute atomic E-state index is 8.89. The van der Waals surface area contributed by atoms with E-state index in [-0.39, 0.29) is 33.5 Å². The van der Waals surface area contributed by atoms with E-state index in [1.807, 2.05) is 0 Å². The van der Waals surface area contributed by atoms with E-state index in [1.165, 1.54) is 0 Å². The van der Waals surface area contributed by atoms with E-state index >= 15 is 0 Å². The molecule has 0 amide bonds. The van der Waals surface area contributed by atoms with E-state index < -0.39 is 11.9 Å². The van der Waals surface area contributed by atoms with Crippen LogP contribution in [0.3, 0.4) is 0 Å². The van der Waals surface area contributed by atoms with Crippen LogP contribution in [0.25, 0.3) is 0 Å². The van der Waals surface area contributed by atoms with Gasteiger partial charge in [0.05, 0.1) is 0 Å². The molecule has 1 radical (unpaired) electrons. The van der Waals surface area contributed by atoms with Gasteiger partial charge in [0.1, 0.15) is 0 Å². The molecule has 8 heteroatoms. The summed E-state index contributed by atoms with van der Waals surface area (Å²) in [5.41, 5.74) is 0. The van der Waals surface area contributed by atoms with Crippen molar-refractivity contribution in [3.8, 4) is 0 Å². The zero-order valence-corrected chi connectivity index (χ0v) is 7.69. The van der Waals surface area contributed by atoms with Crippen LogP contribution in [0.5, 0.6) is 0 Å². The summed E-state index contributed by atoms with van der Waals surface area (Å²) in [5.74, 6) is -2.17. The molecule has 0 aliphatic rings. The molecule has 0 aromatic heterocycles. The van der Waals surface area contributed by atoms with Crippen LogP contribution in [0.2, 0.25) is 0 Å². The van der Waals surface area contributed by atoms with Crippen molar-refractivity contribution in [1.82, 2.24) is 0 Å². The third-order valence-electron chi connectivity index (χ3n) is 0. The number of carboxylic acid groups (broad SMARTS) is 2. The number of carbonyl (C=O) groups is 2. The monoisotopic (exact) mass is 227 g/mol.